The second-order valence-electron chi connectivity index (χ2n) is 7.36. The number of fused-ring (bicyclic) bond motifs is 1. The molecule has 33 heavy (non-hydrogen) atoms. The highest BCUT2D eigenvalue weighted by molar-refractivity contribution is 7.20. The number of H-pyrrole nitrogens is 1. The number of ether oxygens (including phenoxy) is 2. The van der Waals surface area contributed by atoms with E-state index in [1.54, 1.807) is 38.1 Å². The van der Waals surface area contributed by atoms with Crippen LogP contribution in [0, 0.1) is 13.8 Å². The number of aryl methyl sites for hydroxylation is 2. The van der Waals surface area contributed by atoms with Crippen LogP contribution in [0.2, 0.25) is 0 Å². The summed E-state index contributed by atoms with van der Waals surface area (Å²) in [4.78, 5) is 45.0. The standard InChI is InChI=1S/C24H21N3O5S/c1-13-19-22(29)25-15(3)26-23(19)33-20(13)24(30)31-14(2)21(28)27-16-9-11-18(12-10-16)32-17-7-5-4-6-8-17/h4-12,14H,1-3H3,(H,27,28)(H,25,26,29). The molecule has 1 atom stereocenters. The lowest BCUT2D eigenvalue weighted by molar-refractivity contribution is -0.123. The van der Waals surface area contributed by atoms with Crippen molar-refractivity contribution in [2.24, 2.45) is 0 Å². The number of carbonyl (C=O) groups is 2. The number of nitrogens with one attached hydrogen (secondary N) is 2. The van der Waals surface area contributed by atoms with Crippen LogP contribution in [0.3, 0.4) is 0 Å². The van der Waals surface area contributed by atoms with E-state index in [1.807, 2.05) is 30.3 Å². The third-order valence-corrected chi connectivity index (χ3v) is 6.02. The van der Waals surface area contributed by atoms with E-state index >= 15 is 0 Å². The molecule has 0 aliphatic heterocycles. The van der Waals surface area contributed by atoms with E-state index in [1.165, 1.54) is 6.92 Å². The molecule has 1 amide bonds. The molecule has 0 spiro atoms. The van der Waals surface area contributed by atoms with Crippen molar-refractivity contribution in [2.75, 3.05) is 5.32 Å². The van der Waals surface area contributed by atoms with Crippen LogP contribution in [0.4, 0.5) is 5.69 Å². The minimum atomic E-state index is -1.05. The Morgan fingerprint density at radius 2 is 1.70 bits per heavy atom. The van der Waals surface area contributed by atoms with Gasteiger partial charge in [0.25, 0.3) is 11.5 Å². The van der Waals surface area contributed by atoms with Crippen molar-refractivity contribution in [1.82, 2.24) is 9.97 Å². The Bertz CT molecular complexity index is 1380. The average Bonchev–Trinajstić information content (AvgIpc) is 3.12. The molecule has 0 saturated heterocycles. The van der Waals surface area contributed by atoms with E-state index < -0.39 is 18.0 Å². The fourth-order valence-electron chi connectivity index (χ4n) is 3.19. The van der Waals surface area contributed by atoms with E-state index in [2.05, 4.69) is 15.3 Å². The molecule has 9 heteroatoms. The zero-order valence-corrected chi connectivity index (χ0v) is 19.0. The third-order valence-electron chi connectivity index (χ3n) is 4.86. The highest BCUT2D eigenvalue weighted by atomic mass is 32.1. The minimum Gasteiger partial charge on any atom is -0.457 e. The normalized spacial score (nSPS) is 11.7. The van der Waals surface area contributed by atoms with E-state index in [0.717, 1.165) is 11.3 Å². The van der Waals surface area contributed by atoms with Gasteiger partial charge in [0.2, 0.25) is 0 Å². The maximum atomic E-state index is 12.7. The van der Waals surface area contributed by atoms with Crippen molar-refractivity contribution in [3.63, 3.8) is 0 Å². The molecular formula is C24H21N3O5S. The summed E-state index contributed by atoms with van der Waals surface area (Å²) in [5.74, 6) is 0.630. The van der Waals surface area contributed by atoms with Crippen molar-refractivity contribution in [3.8, 4) is 11.5 Å². The number of aromatic nitrogens is 2. The number of esters is 1. The van der Waals surface area contributed by atoms with Crippen LogP contribution in [-0.4, -0.2) is 27.9 Å². The summed E-state index contributed by atoms with van der Waals surface area (Å²) in [7, 11) is 0. The molecule has 0 radical (unpaired) electrons. The fraction of sp³-hybridized carbons (Fsp3) is 0.167. The van der Waals surface area contributed by atoms with E-state index in [0.29, 0.717) is 38.8 Å². The predicted octanol–water partition coefficient (Wildman–Crippen LogP) is 4.58. The van der Waals surface area contributed by atoms with Crippen molar-refractivity contribution >= 4 is 39.1 Å². The van der Waals surface area contributed by atoms with Gasteiger partial charge in [-0.05, 0) is 62.7 Å². The summed E-state index contributed by atoms with van der Waals surface area (Å²) >= 11 is 1.07. The van der Waals surface area contributed by atoms with E-state index in [-0.39, 0.29) is 10.4 Å². The van der Waals surface area contributed by atoms with Gasteiger partial charge in [-0.3, -0.25) is 9.59 Å². The number of hydrogen-bond acceptors (Lipinski definition) is 7. The lowest BCUT2D eigenvalue weighted by Crippen LogP contribution is -2.29. The number of thiophene rings is 1. The van der Waals surface area contributed by atoms with Crippen molar-refractivity contribution < 1.29 is 19.1 Å². The Morgan fingerprint density at radius 3 is 2.39 bits per heavy atom. The number of carbonyl (C=O) groups excluding carboxylic acids is 2. The number of aromatic amines is 1. The molecule has 2 heterocycles. The van der Waals surface area contributed by atoms with Crippen LogP contribution in [0.5, 0.6) is 11.5 Å². The van der Waals surface area contributed by atoms with Crippen LogP contribution in [0.15, 0.2) is 59.4 Å². The highest BCUT2D eigenvalue weighted by Crippen LogP contribution is 2.28. The summed E-state index contributed by atoms with van der Waals surface area (Å²) < 4.78 is 11.1. The summed E-state index contributed by atoms with van der Waals surface area (Å²) in [5.41, 5.74) is 0.707. The van der Waals surface area contributed by atoms with Gasteiger partial charge >= 0.3 is 5.97 Å². The molecular weight excluding hydrogens is 442 g/mol. The topological polar surface area (TPSA) is 110 Å². The predicted molar refractivity (Wildman–Crippen MR) is 126 cm³/mol. The quantitative estimate of drug-likeness (QED) is 0.405. The second kappa shape index (κ2) is 9.25. The Morgan fingerprint density at radius 1 is 1.03 bits per heavy atom. The summed E-state index contributed by atoms with van der Waals surface area (Å²) in [6.07, 6.45) is -1.05. The van der Waals surface area contributed by atoms with E-state index in [9.17, 15) is 14.4 Å². The molecule has 0 bridgehead atoms. The molecule has 2 aromatic heterocycles. The van der Waals surface area contributed by atoms with Gasteiger partial charge in [0, 0.05) is 5.69 Å². The number of anilines is 1. The third kappa shape index (κ3) is 4.93. The Labute approximate surface area is 193 Å². The molecule has 4 rings (SSSR count). The van der Waals surface area contributed by atoms with Gasteiger partial charge in [0.1, 0.15) is 27.0 Å². The molecule has 2 aromatic carbocycles. The molecule has 168 valence electrons. The van der Waals surface area contributed by atoms with Gasteiger partial charge in [0.05, 0.1) is 5.39 Å². The number of amides is 1. The molecule has 4 aromatic rings. The maximum Gasteiger partial charge on any atom is 0.349 e. The van der Waals surface area contributed by atoms with Gasteiger partial charge in [0.15, 0.2) is 6.10 Å². The lowest BCUT2D eigenvalue weighted by atomic mass is 10.2. The minimum absolute atomic E-state index is 0.246. The van der Waals surface area contributed by atoms with E-state index in [4.69, 9.17) is 9.47 Å². The van der Waals surface area contributed by atoms with Gasteiger partial charge in [-0.1, -0.05) is 18.2 Å². The van der Waals surface area contributed by atoms with Crippen LogP contribution in [0.25, 0.3) is 10.2 Å². The molecule has 8 nitrogen and oxygen atoms in total. The Hall–Kier alpha value is -3.98. The van der Waals surface area contributed by atoms with Gasteiger partial charge in [-0.2, -0.15) is 0 Å². The first kappa shape index (κ1) is 22.2. The SMILES string of the molecule is Cc1nc2sc(C(=O)OC(C)C(=O)Nc3ccc(Oc4ccccc4)cc3)c(C)c2c(=O)[nH]1. The van der Waals surface area contributed by atoms with Crippen molar-refractivity contribution in [3.05, 3.63) is 81.2 Å². The smallest absolute Gasteiger partial charge is 0.349 e. The zero-order valence-electron chi connectivity index (χ0n) is 18.2. The number of benzene rings is 2. The Kier molecular flexibility index (Phi) is 6.23. The van der Waals surface area contributed by atoms with Crippen LogP contribution >= 0.6 is 11.3 Å². The summed E-state index contributed by atoms with van der Waals surface area (Å²) in [6.45, 7) is 4.81. The number of hydrogen-bond donors (Lipinski definition) is 2. The van der Waals surface area contributed by atoms with Crippen molar-refractivity contribution in [1.29, 1.82) is 0 Å². The Balaban J connectivity index is 1.40. The molecule has 0 saturated carbocycles. The first-order valence-corrected chi connectivity index (χ1v) is 11.0. The molecule has 1 unspecified atom stereocenters. The van der Waals surface area contributed by atoms with Crippen LogP contribution in [0.1, 0.15) is 28.0 Å². The van der Waals surface area contributed by atoms with Crippen LogP contribution < -0.4 is 15.6 Å². The lowest BCUT2D eigenvalue weighted by Gasteiger charge is -2.13. The first-order chi connectivity index (χ1) is 15.8. The first-order valence-electron chi connectivity index (χ1n) is 10.2. The maximum absolute atomic E-state index is 12.7. The molecule has 0 fully saturated rings. The molecule has 0 aliphatic rings. The van der Waals surface area contributed by atoms with Crippen LogP contribution in [-0.2, 0) is 9.53 Å². The largest absolute Gasteiger partial charge is 0.457 e. The number of rotatable bonds is 6. The summed E-state index contributed by atoms with van der Waals surface area (Å²) in [5, 5.41) is 3.07. The zero-order chi connectivity index (χ0) is 23.5. The number of para-hydroxylation sites is 1. The monoisotopic (exact) mass is 463 g/mol. The molecule has 0 aliphatic carbocycles. The number of nitrogens with zero attached hydrogens (tertiary/aromatic N) is 1. The van der Waals surface area contributed by atoms with Gasteiger partial charge < -0.3 is 19.8 Å². The van der Waals surface area contributed by atoms with Crippen molar-refractivity contribution in [2.45, 2.75) is 26.9 Å². The molecule has 2 N–H and O–H groups in total. The summed E-state index contributed by atoms with van der Waals surface area (Å²) in [6, 6.07) is 16.2. The van der Waals surface area contributed by atoms with Gasteiger partial charge in [-0.25, -0.2) is 9.78 Å². The highest BCUT2D eigenvalue weighted by Gasteiger charge is 2.24. The average molecular weight is 464 g/mol. The fourth-order valence-corrected chi connectivity index (χ4v) is 4.30. The second-order valence-corrected chi connectivity index (χ2v) is 8.36. The van der Waals surface area contributed by atoms with Gasteiger partial charge in [-0.15, -0.1) is 11.3 Å².